The molecule has 0 aliphatic heterocycles. The summed E-state index contributed by atoms with van der Waals surface area (Å²) in [5.41, 5.74) is 5.23. The summed E-state index contributed by atoms with van der Waals surface area (Å²) in [5.74, 6) is 0.634. The molecule has 0 unspecified atom stereocenters. The van der Waals surface area contributed by atoms with Crippen molar-refractivity contribution in [1.82, 2.24) is 0 Å². The molecule has 0 saturated heterocycles. The number of aryl methyl sites for hydroxylation is 3. The van der Waals surface area contributed by atoms with Crippen molar-refractivity contribution >= 4 is 11.6 Å². The number of ether oxygens (including phenoxy) is 1. The fourth-order valence-corrected chi connectivity index (χ4v) is 2.93. The first-order valence-corrected chi connectivity index (χ1v) is 7.75. The van der Waals surface area contributed by atoms with Crippen LogP contribution in [0.5, 0.6) is 5.75 Å². The molecule has 114 valence electrons. The van der Waals surface area contributed by atoms with Gasteiger partial charge in [-0.05, 0) is 68.0 Å². The topological polar surface area (TPSA) is 38.3 Å². The van der Waals surface area contributed by atoms with E-state index in [1.165, 1.54) is 24.0 Å². The minimum absolute atomic E-state index is 0.103. The second-order valence-corrected chi connectivity index (χ2v) is 5.85. The smallest absolute Gasteiger partial charge is 0.255 e. The van der Waals surface area contributed by atoms with Gasteiger partial charge in [0.15, 0.2) is 0 Å². The predicted molar refractivity (Wildman–Crippen MR) is 88.8 cm³/mol. The van der Waals surface area contributed by atoms with Gasteiger partial charge in [0, 0.05) is 5.56 Å². The van der Waals surface area contributed by atoms with Crippen molar-refractivity contribution in [1.29, 1.82) is 0 Å². The number of methoxy groups -OCH3 is 1. The van der Waals surface area contributed by atoms with E-state index in [-0.39, 0.29) is 5.91 Å². The van der Waals surface area contributed by atoms with Gasteiger partial charge in [0.05, 0.1) is 12.8 Å². The van der Waals surface area contributed by atoms with E-state index in [4.69, 9.17) is 4.74 Å². The molecule has 0 saturated carbocycles. The van der Waals surface area contributed by atoms with E-state index >= 15 is 0 Å². The summed E-state index contributed by atoms with van der Waals surface area (Å²) in [5, 5.41) is 2.98. The number of rotatable bonds is 3. The lowest BCUT2D eigenvalue weighted by molar-refractivity contribution is 0.102. The molecule has 3 nitrogen and oxygen atoms in total. The molecule has 3 rings (SSSR count). The zero-order valence-electron chi connectivity index (χ0n) is 13.1. The molecule has 0 fully saturated rings. The lowest BCUT2D eigenvalue weighted by atomic mass is 9.91. The number of carbonyl (C=O) groups excluding carboxylic acids is 1. The van der Waals surface area contributed by atoms with Crippen LogP contribution >= 0.6 is 0 Å². The Morgan fingerprint density at radius 1 is 1.05 bits per heavy atom. The summed E-state index contributed by atoms with van der Waals surface area (Å²) < 4.78 is 5.45. The van der Waals surface area contributed by atoms with E-state index in [1.54, 1.807) is 7.11 Å². The third kappa shape index (κ3) is 2.98. The molecule has 0 heterocycles. The maximum atomic E-state index is 12.4. The predicted octanol–water partition coefficient (Wildman–Crippen LogP) is 4.13. The molecule has 0 aromatic heterocycles. The standard InChI is InChI=1S/C19H21NO2/c1-13-7-9-14(10-8-13)19(21)20-17-11-15-5-3-4-6-16(15)12-18(17)22-2/h7-12H,3-6H2,1-2H3,(H,20,21). The Kier molecular flexibility index (Phi) is 4.14. The molecule has 2 aromatic rings. The van der Waals surface area contributed by atoms with Crippen LogP contribution in [0.25, 0.3) is 0 Å². The Hall–Kier alpha value is -2.29. The normalized spacial score (nSPS) is 13.4. The largest absolute Gasteiger partial charge is 0.495 e. The first kappa shape index (κ1) is 14.6. The van der Waals surface area contributed by atoms with Gasteiger partial charge < -0.3 is 10.1 Å². The highest BCUT2D eigenvalue weighted by Gasteiger charge is 2.16. The Balaban J connectivity index is 1.87. The van der Waals surface area contributed by atoms with Gasteiger partial charge in [-0.3, -0.25) is 4.79 Å². The van der Waals surface area contributed by atoms with Gasteiger partial charge in [0.1, 0.15) is 5.75 Å². The minimum atomic E-state index is -0.103. The number of carbonyl (C=O) groups is 1. The number of hydrogen-bond acceptors (Lipinski definition) is 2. The number of benzene rings is 2. The summed E-state index contributed by atoms with van der Waals surface area (Å²) in [6.07, 6.45) is 4.61. The minimum Gasteiger partial charge on any atom is -0.495 e. The molecule has 0 atom stereocenters. The number of fused-ring (bicyclic) bond motifs is 1. The maximum absolute atomic E-state index is 12.4. The van der Waals surface area contributed by atoms with Gasteiger partial charge in [-0.2, -0.15) is 0 Å². The lowest BCUT2D eigenvalue weighted by Gasteiger charge is -2.19. The third-order valence-corrected chi connectivity index (χ3v) is 4.23. The average molecular weight is 295 g/mol. The van der Waals surface area contributed by atoms with Crippen molar-refractivity contribution < 1.29 is 9.53 Å². The van der Waals surface area contributed by atoms with Crippen LogP contribution in [-0.2, 0) is 12.8 Å². The highest BCUT2D eigenvalue weighted by atomic mass is 16.5. The van der Waals surface area contributed by atoms with Crippen LogP contribution in [-0.4, -0.2) is 13.0 Å². The molecule has 0 radical (unpaired) electrons. The monoisotopic (exact) mass is 295 g/mol. The van der Waals surface area contributed by atoms with Crippen LogP contribution in [0.1, 0.15) is 39.9 Å². The van der Waals surface area contributed by atoms with Gasteiger partial charge in [0.2, 0.25) is 0 Å². The Morgan fingerprint density at radius 3 is 2.32 bits per heavy atom. The molecule has 0 spiro atoms. The van der Waals surface area contributed by atoms with E-state index in [0.717, 1.165) is 29.8 Å². The first-order valence-electron chi connectivity index (χ1n) is 7.75. The molecule has 1 N–H and O–H groups in total. The lowest BCUT2D eigenvalue weighted by Crippen LogP contribution is -2.14. The summed E-state index contributed by atoms with van der Waals surface area (Å²) in [7, 11) is 1.64. The maximum Gasteiger partial charge on any atom is 0.255 e. The summed E-state index contributed by atoms with van der Waals surface area (Å²) >= 11 is 0. The molecule has 2 aromatic carbocycles. The van der Waals surface area contributed by atoms with Crippen molar-refractivity contribution in [2.24, 2.45) is 0 Å². The quantitative estimate of drug-likeness (QED) is 0.924. The molecular weight excluding hydrogens is 274 g/mol. The molecular formula is C19H21NO2. The van der Waals surface area contributed by atoms with Crippen molar-refractivity contribution in [3.8, 4) is 5.75 Å². The van der Waals surface area contributed by atoms with E-state index in [2.05, 4.69) is 17.4 Å². The Labute approximate surface area is 131 Å². The zero-order valence-corrected chi connectivity index (χ0v) is 13.1. The van der Waals surface area contributed by atoms with Gasteiger partial charge in [-0.15, -0.1) is 0 Å². The second kappa shape index (κ2) is 6.22. The van der Waals surface area contributed by atoms with Crippen molar-refractivity contribution in [2.45, 2.75) is 32.6 Å². The molecule has 3 heteroatoms. The number of hydrogen-bond donors (Lipinski definition) is 1. The van der Waals surface area contributed by atoms with Crippen LogP contribution in [0.15, 0.2) is 36.4 Å². The van der Waals surface area contributed by atoms with Crippen molar-refractivity contribution in [3.63, 3.8) is 0 Å². The summed E-state index contributed by atoms with van der Waals surface area (Å²) in [4.78, 5) is 12.4. The fraction of sp³-hybridized carbons (Fsp3) is 0.316. The summed E-state index contributed by atoms with van der Waals surface area (Å²) in [6.45, 7) is 2.01. The van der Waals surface area contributed by atoms with E-state index < -0.39 is 0 Å². The fourth-order valence-electron chi connectivity index (χ4n) is 2.93. The summed E-state index contributed by atoms with van der Waals surface area (Å²) in [6, 6.07) is 11.7. The number of anilines is 1. The third-order valence-electron chi connectivity index (χ3n) is 4.23. The molecule has 1 aliphatic carbocycles. The zero-order chi connectivity index (χ0) is 15.5. The molecule has 0 bridgehead atoms. The molecule has 22 heavy (non-hydrogen) atoms. The highest BCUT2D eigenvalue weighted by Crippen LogP contribution is 2.32. The second-order valence-electron chi connectivity index (χ2n) is 5.85. The van der Waals surface area contributed by atoms with Crippen molar-refractivity contribution in [2.75, 3.05) is 12.4 Å². The number of nitrogens with one attached hydrogen (secondary N) is 1. The van der Waals surface area contributed by atoms with Crippen LogP contribution in [0.2, 0.25) is 0 Å². The van der Waals surface area contributed by atoms with Crippen LogP contribution < -0.4 is 10.1 Å². The first-order chi connectivity index (χ1) is 10.7. The van der Waals surface area contributed by atoms with E-state index in [9.17, 15) is 4.79 Å². The van der Waals surface area contributed by atoms with E-state index in [0.29, 0.717) is 5.56 Å². The average Bonchev–Trinajstić information content (AvgIpc) is 2.54. The Bertz CT molecular complexity index is 689. The number of amides is 1. The molecule has 1 aliphatic rings. The van der Waals surface area contributed by atoms with Crippen LogP contribution in [0.3, 0.4) is 0 Å². The van der Waals surface area contributed by atoms with Gasteiger partial charge in [-0.1, -0.05) is 17.7 Å². The molecule has 1 amide bonds. The van der Waals surface area contributed by atoms with Gasteiger partial charge >= 0.3 is 0 Å². The van der Waals surface area contributed by atoms with Gasteiger partial charge in [0.25, 0.3) is 5.91 Å². The SMILES string of the molecule is COc1cc2c(cc1NC(=O)c1ccc(C)cc1)CCCC2. The van der Waals surface area contributed by atoms with Crippen LogP contribution in [0, 0.1) is 6.92 Å². The van der Waals surface area contributed by atoms with Gasteiger partial charge in [-0.25, -0.2) is 0 Å². The highest BCUT2D eigenvalue weighted by molar-refractivity contribution is 6.05. The van der Waals surface area contributed by atoms with E-state index in [1.807, 2.05) is 31.2 Å². The van der Waals surface area contributed by atoms with Crippen molar-refractivity contribution in [3.05, 3.63) is 58.7 Å². The Morgan fingerprint density at radius 2 is 1.68 bits per heavy atom. The van der Waals surface area contributed by atoms with Crippen LogP contribution in [0.4, 0.5) is 5.69 Å².